The van der Waals surface area contributed by atoms with Gasteiger partial charge in [-0.15, -0.1) is 0 Å². The number of hydrogen-bond donors (Lipinski definition) is 1. The molecule has 1 saturated heterocycles. The minimum Gasteiger partial charge on any atom is -0.310 e. The molecular weight excluding hydrogens is 202 g/mol. The van der Waals surface area contributed by atoms with E-state index >= 15 is 0 Å². The Morgan fingerprint density at radius 3 is 2.40 bits per heavy atom. The lowest BCUT2D eigenvalue weighted by atomic mass is 10.1. The van der Waals surface area contributed by atoms with E-state index in [1.165, 1.54) is 30.8 Å². The van der Waals surface area contributed by atoms with Crippen LogP contribution in [0.15, 0.2) is 24.3 Å². The lowest BCUT2D eigenvalue weighted by Gasteiger charge is -2.17. The molecule has 0 amide bonds. The highest BCUT2D eigenvalue weighted by Crippen LogP contribution is 2.24. The van der Waals surface area contributed by atoms with Crippen LogP contribution in [0.5, 0.6) is 0 Å². The normalized spacial score (nSPS) is 25.7. The van der Waals surface area contributed by atoms with Crippen LogP contribution in [0.1, 0.15) is 17.5 Å². The molecule has 1 fully saturated rings. The topological polar surface area (TPSA) is 12.0 Å². The Morgan fingerprint density at radius 1 is 1.07 bits per heavy atom. The zero-order valence-corrected chi connectivity index (χ0v) is 9.72. The van der Waals surface area contributed by atoms with E-state index in [1.807, 2.05) is 0 Å². The third-order valence-electron chi connectivity index (χ3n) is 3.45. The average molecular weight is 219 g/mol. The summed E-state index contributed by atoms with van der Waals surface area (Å²) in [7, 11) is 0. The molecule has 0 spiro atoms. The van der Waals surface area contributed by atoms with Gasteiger partial charge in [0.2, 0.25) is 0 Å². The van der Waals surface area contributed by atoms with Crippen molar-refractivity contribution in [1.29, 1.82) is 0 Å². The first-order valence-electron chi connectivity index (χ1n) is 5.82. The Hall–Kier alpha value is -0.470. The second-order valence-electron chi connectivity index (χ2n) is 4.60. The Morgan fingerprint density at radius 2 is 1.80 bits per heavy atom. The standard InChI is InChI=1S/C13H17NS/c1-2-4-11-8-13(7-10(11)3-1)14-12-5-6-15-9-12/h1-4,12-14H,5-9H2. The minimum atomic E-state index is 0.700. The molecule has 0 aromatic heterocycles. The Labute approximate surface area is 95.6 Å². The molecule has 80 valence electrons. The molecule has 1 heterocycles. The molecule has 0 radical (unpaired) electrons. The molecule has 3 rings (SSSR count). The summed E-state index contributed by atoms with van der Waals surface area (Å²) >= 11 is 2.09. The van der Waals surface area contributed by atoms with Gasteiger partial charge >= 0.3 is 0 Å². The summed E-state index contributed by atoms with van der Waals surface area (Å²) in [6.45, 7) is 0. The van der Waals surface area contributed by atoms with E-state index in [2.05, 4.69) is 41.3 Å². The fourth-order valence-electron chi connectivity index (χ4n) is 2.68. The molecule has 2 aliphatic rings. The van der Waals surface area contributed by atoms with Crippen molar-refractivity contribution in [2.45, 2.75) is 31.3 Å². The largest absolute Gasteiger partial charge is 0.310 e. The Kier molecular flexibility index (Phi) is 2.72. The van der Waals surface area contributed by atoms with Crippen molar-refractivity contribution in [3.05, 3.63) is 35.4 Å². The number of hydrogen-bond acceptors (Lipinski definition) is 2. The van der Waals surface area contributed by atoms with Gasteiger partial charge in [0.1, 0.15) is 0 Å². The van der Waals surface area contributed by atoms with Gasteiger partial charge in [-0.25, -0.2) is 0 Å². The molecule has 1 aromatic rings. The maximum Gasteiger partial charge on any atom is 0.0168 e. The minimum absolute atomic E-state index is 0.700. The predicted octanol–water partition coefficient (Wildman–Crippen LogP) is 2.25. The lowest BCUT2D eigenvalue weighted by molar-refractivity contribution is 0.461. The average Bonchev–Trinajstić information content (AvgIpc) is 2.86. The van der Waals surface area contributed by atoms with Crippen LogP contribution in [0.2, 0.25) is 0 Å². The van der Waals surface area contributed by atoms with Crippen molar-refractivity contribution in [2.75, 3.05) is 11.5 Å². The maximum atomic E-state index is 3.80. The Bertz CT molecular complexity index is 319. The third-order valence-corrected chi connectivity index (χ3v) is 4.61. The van der Waals surface area contributed by atoms with Crippen LogP contribution in [0.4, 0.5) is 0 Å². The van der Waals surface area contributed by atoms with E-state index < -0.39 is 0 Å². The molecule has 2 heteroatoms. The molecule has 0 saturated carbocycles. The molecule has 1 aliphatic heterocycles. The van der Waals surface area contributed by atoms with Crippen LogP contribution >= 0.6 is 11.8 Å². The van der Waals surface area contributed by atoms with E-state index in [0.717, 1.165) is 6.04 Å². The van der Waals surface area contributed by atoms with Gasteiger partial charge < -0.3 is 5.32 Å². The number of benzene rings is 1. The molecule has 1 aromatic carbocycles. The second kappa shape index (κ2) is 4.18. The van der Waals surface area contributed by atoms with Crippen molar-refractivity contribution >= 4 is 11.8 Å². The molecule has 1 N–H and O–H groups in total. The summed E-state index contributed by atoms with van der Waals surface area (Å²) in [5.74, 6) is 2.66. The first-order valence-corrected chi connectivity index (χ1v) is 6.98. The van der Waals surface area contributed by atoms with E-state index in [1.54, 1.807) is 11.1 Å². The first kappa shape index (κ1) is 9.73. The van der Waals surface area contributed by atoms with Crippen LogP contribution in [0, 0.1) is 0 Å². The van der Waals surface area contributed by atoms with Gasteiger partial charge in [0.25, 0.3) is 0 Å². The van der Waals surface area contributed by atoms with Crippen LogP contribution in [0.25, 0.3) is 0 Å². The number of fused-ring (bicyclic) bond motifs is 1. The predicted molar refractivity (Wildman–Crippen MR) is 66.5 cm³/mol. The SMILES string of the molecule is c1ccc2c(c1)CC(NC1CCSC1)C2. The van der Waals surface area contributed by atoms with Crippen molar-refractivity contribution < 1.29 is 0 Å². The molecule has 0 bridgehead atoms. The summed E-state index contributed by atoms with van der Waals surface area (Å²) in [6, 6.07) is 10.3. The highest BCUT2D eigenvalue weighted by Gasteiger charge is 2.24. The highest BCUT2D eigenvalue weighted by molar-refractivity contribution is 7.99. The van der Waals surface area contributed by atoms with Crippen molar-refractivity contribution in [3.63, 3.8) is 0 Å². The zero-order chi connectivity index (χ0) is 10.1. The van der Waals surface area contributed by atoms with E-state index in [4.69, 9.17) is 0 Å². The summed E-state index contributed by atoms with van der Waals surface area (Å²) in [6.07, 6.45) is 3.83. The molecular formula is C13H17NS. The van der Waals surface area contributed by atoms with Gasteiger partial charge in [-0.2, -0.15) is 11.8 Å². The Balaban J connectivity index is 1.63. The van der Waals surface area contributed by atoms with Gasteiger partial charge in [-0.1, -0.05) is 24.3 Å². The summed E-state index contributed by atoms with van der Waals surface area (Å²) in [4.78, 5) is 0. The van der Waals surface area contributed by atoms with Gasteiger partial charge in [0.15, 0.2) is 0 Å². The van der Waals surface area contributed by atoms with Gasteiger partial charge in [-0.3, -0.25) is 0 Å². The molecule has 15 heavy (non-hydrogen) atoms. The monoisotopic (exact) mass is 219 g/mol. The number of thioether (sulfide) groups is 1. The van der Waals surface area contributed by atoms with E-state index in [9.17, 15) is 0 Å². The van der Waals surface area contributed by atoms with Crippen molar-refractivity contribution in [2.24, 2.45) is 0 Å². The summed E-state index contributed by atoms with van der Waals surface area (Å²) in [5, 5.41) is 3.80. The second-order valence-corrected chi connectivity index (χ2v) is 5.75. The summed E-state index contributed by atoms with van der Waals surface area (Å²) < 4.78 is 0. The highest BCUT2D eigenvalue weighted by atomic mass is 32.2. The fraction of sp³-hybridized carbons (Fsp3) is 0.538. The number of rotatable bonds is 2. The molecule has 1 nitrogen and oxygen atoms in total. The molecule has 1 aliphatic carbocycles. The fourth-order valence-corrected chi connectivity index (χ4v) is 3.84. The zero-order valence-electron chi connectivity index (χ0n) is 8.91. The van der Waals surface area contributed by atoms with Crippen molar-refractivity contribution in [3.8, 4) is 0 Å². The van der Waals surface area contributed by atoms with Crippen LogP contribution in [0.3, 0.4) is 0 Å². The van der Waals surface area contributed by atoms with Gasteiger partial charge in [0, 0.05) is 17.8 Å². The quantitative estimate of drug-likeness (QED) is 0.819. The first-order chi connectivity index (χ1) is 7.42. The molecule has 1 unspecified atom stereocenters. The smallest absolute Gasteiger partial charge is 0.0168 e. The van der Waals surface area contributed by atoms with E-state index in [-0.39, 0.29) is 0 Å². The van der Waals surface area contributed by atoms with Gasteiger partial charge in [-0.05, 0) is 36.1 Å². The maximum absolute atomic E-state index is 3.80. The van der Waals surface area contributed by atoms with Gasteiger partial charge in [0.05, 0.1) is 0 Å². The van der Waals surface area contributed by atoms with Crippen LogP contribution in [-0.2, 0) is 12.8 Å². The van der Waals surface area contributed by atoms with E-state index in [0.29, 0.717) is 6.04 Å². The molecule has 1 atom stereocenters. The van der Waals surface area contributed by atoms with Crippen LogP contribution < -0.4 is 5.32 Å². The lowest BCUT2D eigenvalue weighted by Crippen LogP contribution is -2.38. The summed E-state index contributed by atoms with van der Waals surface area (Å²) in [5.41, 5.74) is 3.11. The number of nitrogens with one attached hydrogen (secondary N) is 1. The van der Waals surface area contributed by atoms with Crippen molar-refractivity contribution in [1.82, 2.24) is 5.32 Å². The van der Waals surface area contributed by atoms with Crippen LogP contribution in [-0.4, -0.2) is 23.6 Å². The third kappa shape index (κ3) is 2.06.